The Hall–Kier alpha value is -3.12. The van der Waals surface area contributed by atoms with Crippen LogP contribution in [0.15, 0.2) is 60.9 Å². The van der Waals surface area contributed by atoms with Crippen molar-refractivity contribution in [3.8, 4) is 0 Å². The summed E-state index contributed by atoms with van der Waals surface area (Å²) >= 11 is 6.07. The average Bonchev–Trinajstić information content (AvgIpc) is 3.06. The number of hydrogen-bond acceptors (Lipinski definition) is 5. The van der Waals surface area contributed by atoms with Crippen LogP contribution in [-0.2, 0) is 0 Å². The number of halogens is 1. The first-order chi connectivity index (χ1) is 12.7. The van der Waals surface area contributed by atoms with Gasteiger partial charge in [0.15, 0.2) is 5.65 Å². The summed E-state index contributed by atoms with van der Waals surface area (Å²) in [4.78, 5) is 8.66. The van der Waals surface area contributed by atoms with E-state index >= 15 is 0 Å². The van der Waals surface area contributed by atoms with Crippen LogP contribution in [0.5, 0.6) is 0 Å². The lowest BCUT2D eigenvalue weighted by Crippen LogP contribution is -2.08. The highest BCUT2D eigenvalue weighted by Gasteiger charge is 2.15. The molecule has 0 fully saturated rings. The van der Waals surface area contributed by atoms with E-state index in [1.54, 1.807) is 0 Å². The third-order valence-electron chi connectivity index (χ3n) is 4.10. The van der Waals surface area contributed by atoms with E-state index in [2.05, 4.69) is 49.9 Å². The Morgan fingerprint density at radius 3 is 2.69 bits per heavy atom. The van der Waals surface area contributed by atoms with Crippen LogP contribution >= 0.6 is 11.6 Å². The number of nitrogens with zero attached hydrogens (tertiary/aromatic N) is 3. The monoisotopic (exact) mass is 364 g/mol. The third-order valence-corrected chi connectivity index (χ3v) is 4.33. The molecule has 0 amide bonds. The Morgan fingerprint density at radius 2 is 1.88 bits per heavy atom. The Kier molecular flexibility index (Phi) is 4.41. The van der Waals surface area contributed by atoms with Crippen molar-refractivity contribution >= 4 is 40.0 Å². The van der Waals surface area contributed by atoms with Crippen molar-refractivity contribution in [1.82, 2.24) is 20.2 Å². The Labute approximate surface area is 155 Å². The van der Waals surface area contributed by atoms with Gasteiger partial charge in [0.2, 0.25) is 0 Å². The quantitative estimate of drug-likeness (QED) is 0.468. The predicted octanol–water partition coefficient (Wildman–Crippen LogP) is 4.92. The van der Waals surface area contributed by atoms with Gasteiger partial charge >= 0.3 is 0 Å². The number of H-pyrrole nitrogens is 1. The molecule has 0 saturated heterocycles. The molecule has 0 aliphatic heterocycles. The summed E-state index contributed by atoms with van der Waals surface area (Å²) in [7, 11) is 0. The first-order valence-corrected chi connectivity index (χ1v) is 8.61. The van der Waals surface area contributed by atoms with Crippen LogP contribution in [0.3, 0.4) is 0 Å². The van der Waals surface area contributed by atoms with Gasteiger partial charge in [-0.2, -0.15) is 5.10 Å². The average molecular weight is 365 g/mol. The maximum atomic E-state index is 6.07. The summed E-state index contributed by atoms with van der Waals surface area (Å²) in [6.07, 6.45) is 1.51. The molecule has 0 radical (unpaired) electrons. The van der Waals surface area contributed by atoms with Gasteiger partial charge in [0.25, 0.3) is 0 Å². The number of hydrogen-bond donors (Lipinski definition) is 3. The summed E-state index contributed by atoms with van der Waals surface area (Å²) in [5, 5.41) is 15.5. The molecule has 3 N–H and O–H groups in total. The summed E-state index contributed by atoms with van der Waals surface area (Å²) in [6.45, 7) is 2.09. The van der Waals surface area contributed by atoms with E-state index in [0.717, 1.165) is 11.1 Å². The molecule has 0 aliphatic rings. The predicted molar refractivity (Wildman–Crippen MR) is 105 cm³/mol. The first-order valence-electron chi connectivity index (χ1n) is 8.24. The standard InChI is InChI=1S/C19H17ClN6/c1-12(13-6-3-2-4-7-13)23-17-16-18(22-11-21-17)25-26-19(16)24-15-9-5-8-14(20)10-15/h2-12H,1H3,(H3,21,22,23,24,25,26)/t12-/m0/s1. The highest BCUT2D eigenvalue weighted by Crippen LogP contribution is 2.30. The highest BCUT2D eigenvalue weighted by atomic mass is 35.5. The van der Waals surface area contributed by atoms with Crippen LogP contribution < -0.4 is 10.6 Å². The Bertz CT molecular complexity index is 1030. The van der Waals surface area contributed by atoms with E-state index in [-0.39, 0.29) is 6.04 Å². The first kappa shape index (κ1) is 16.4. The molecule has 2 aromatic carbocycles. The molecule has 0 spiro atoms. The van der Waals surface area contributed by atoms with E-state index < -0.39 is 0 Å². The van der Waals surface area contributed by atoms with Crippen LogP contribution in [0.25, 0.3) is 11.0 Å². The molecular weight excluding hydrogens is 348 g/mol. The fourth-order valence-electron chi connectivity index (χ4n) is 2.80. The maximum absolute atomic E-state index is 6.07. The van der Waals surface area contributed by atoms with E-state index in [4.69, 9.17) is 11.6 Å². The van der Waals surface area contributed by atoms with Crippen molar-refractivity contribution in [3.63, 3.8) is 0 Å². The van der Waals surface area contributed by atoms with Gasteiger partial charge in [-0.05, 0) is 30.7 Å². The molecule has 0 aliphatic carbocycles. The lowest BCUT2D eigenvalue weighted by Gasteiger charge is -2.15. The molecule has 1 atom stereocenters. The Balaban J connectivity index is 1.68. The van der Waals surface area contributed by atoms with Crippen LogP contribution in [0.4, 0.5) is 17.3 Å². The molecule has 4 aromatic rings. The van der Waals surface area contributed by atoms with Crippen molar-refractivity contribution in [1.29, 1.82) is 0 Å². The normalized spacial score (nSPS) is 12.1. The highest BCUT2D eigenvalue weighted by molar-refractivity contribution is 6.30. The van der Waals surface area contributed by atoms with Gasteiger partial charge in [-0.25, -0.2) is 9.97 Å². The number of nitrogens with one attached hydrogen (secondary N) is 3. The summed E-state index contributed by atoms with van der Waals surface area (Å²) in [6, 6.07) is 17.8. The van der Waals surface area contributed by atoms with Crippen molar-refractivity contribution in [2.45, 2.75) is 13.0 Å². The molecule has 0 unspecified atom stereocenters. The number of benzene rings is 2. The summed E-state index contributed by atoms with van der Waals surface area (Å²) in [5.41, 5.74) is 2.62. The number of fused-ring (bicyclic) bond motifs is 1. The lowest BCUT2D eigenvalue weighted by atomic mass is 10.1. The van der Waals surface area contributed by atoms with Crippen LogP contribution in [0.2, 0.25) is 5.02 Å². The van der Waals surface area contributed by atoms with Gasteiger partial charge in [0.05, 0.1) is 0 Å². The van der Waals surface area contributed by atoms with Crippen LogP contribution in [0.1, 0.15) is 18.5 Å². The van der Waals surface area contributed by atoms with E-state index in [1.807, 2.05) is 42.5 Å². The summed E-state index contributed by atoms with van der Waals surface area (Å²) < 4.78 is 0. The number of aromatic nitrogens is 4. The Morgan fingerprint density at radius 1 is 1.04 bits per heavy atom. The van der Waals surface area contributed by atoms with Crippen molar-refractivity contribution in [2.75, 3.05) is 10.6 Å². The molecule has 2 aromatic heterocycles. The largest absolute Gasteiger partial charge is 0.363 e. The SMILES string of the molecule is C[C@H](Nc1ncnc2n[nH]c(Nc3cccc(Cl)c3)c12)c1ccccc1. The maximum Gasteiger partial charge on any atom is 0.188 e. The molecule has 0 saturated carbocycles. The molecule has 6 nitrogen and oxygen atoms in total. The zero-order valence-corrected chi connectivity index (χ0v) is 14.8. The van der Waals surface area contributed by atoms with Gasteiger partial charge in [-0.15, -0.1) is 0 Å². The number of anilines is 3. The van der Waals surface area contributed by atoms with Crippen molar-refractivity contribution < 1.29 is 0 Å². The molecule has 26 heavy (non-hydrogen) atoms. The van der Waals surface area contributed by atoms with E-state index in [9.17, 15) is 0 Å². The van der Waals surface area contributed by atoms with Crippen molar-refractivity contribution in [3.05, 3.63) is 71.5 Å². The second-order valence-electron chi connectivity index (χ2n) is 5.93. The molecule has 130 valence electrons. The van der Waals surface area contributed by atoms with Gasteiger partial charge in [0, 0.05) is 16.8 Å². The van der Waals surface area contributed by atoms with Crippen LogP contribution in [-0.4, -0.2) is 20.2 Å². The smallest absolute Gasteiger partial charge is 0.188 e. The van der Waals surface area contributed by atoms with E-state index in [1.165, 1.54) is 11.9 Å². The molecule has 2 heterocycles. The molecular formula is C19H17ClN6. The lowest BCUT2D eigenvalue weighted by molar-refractivity contribution is 0.876. The molecule has 7 heteroatoms. The fraction of sp³-hybridized carbons (Fsp3) is 0.105. The van der Waals surface area contributed by atoms with Gasteiger partial charge in [-0.1, -0.05) is 48.0 Å². The van der Waals surface area contributed by atoms with Gasteiger partial charge in [0.1, 0.15) is 23.3 Å². The summed E-state index contributed by atoms with van der Waals surface area (Å²) in [5.74, 6) is 1.43. The molecule has 0 bridgehead atoms. The molecule has 4 rings (SSSR count). The topological polar surface area (TPSA) is 78.5 Å². The van der Waals surface area contributed by atoms with Gasteiger partial charge in [-0.3, -0.25) is 5.10 Å². The number of rotatable bonds is 5. The van der Waals surface area contributed by atoms with Gasteiger partial charge < -0.3 is 10.6 Å². The minimum Gasteiger partial charge on any atom is -0.363 e. The minimum absolute atomic E-state index is 0.0863. The van der Waals surface area contributed by atoms with Crippen LogP contribution in [0, 0.1) is 0 Å². The fourth-order valence-corrected chi connectivity index (χ4v) is 2.99. The number of aromatic amines is 1. The minimum atomic E-state index is 0.0863. The second kappa shape index (κ2) is 7.01. The second-order valence-corrected chi connectivity index (χ2v) is 6.37. The third kappa shape index (κ3) is 3.32. The van der Waals surface area contributed by atoms with Crippen molar-refractivity contribution in [2.24, 2.45) is 0 Å². The zero-order chi connectivity index (χ0) is 17.9. The zero-order valence-electron chi connectivity index (χ0n) is 14.1. The van der Waals surface area contributed by atoms with E-state index in [0.29, 0.717) is 22.3 Å².